The van der Waals surface area contributed by atoms with E-state index in [0.29, 0.717) is 17.3 Å². The molecule has 0 aliphatic rings. The molecule has 0 radical (unpaired) electrons. The molecule has 200 valence electrons. The molecule has 0 N–H and O–H groups in total. The van der Waals surface area contributed by atoms with Crippen LogP contribution in [0.2, 0.25) is 0 Å². The Morgan fingerprint density at radius 3 is 2.28 bits per heavy atom. The second-order valence-electron chi connectivity index (χ2n) is 8.93. The molecule has 10 nitrogen and oxygen atoms in total. The van der Waals surface area contributed by atoms with Gasteiger partial charge in [0.15, 0.2) is 0 Å². The van der Waals surface area contributed by atoms with Crippen molar-refractivity contribution in [2.45, 2.75) is 6.54 Å². The maximum Gasteiger partial charge on any atom is 0.308 e. The summed E-state index contributed by atoms with van der Waals surface area (Å²) in [5, 5.41) is 0.915. The van der Waals surface area contributed by atoms with Gasteiger partial charge >= 0.3 is 10.2 Å². The van der Waals surface area contributed by atoms with E-state index < -0.39 is 10.2 Å². The molecule has 0 saturated carbocycles. The second-order valence-corrected chi connectivity index (χ2v) is 10.9. The zero-order chi connectivity index (χ0) is 27.6. The maximum atomic E-state index is 13.0. The van der Waals surface area contributed by atoms with Gasteiger partial charge in [-0.05, 0) is 30.3 Å². The number of pyridine rings is 2. The van der Waals surface area contributed by atoms with Crippen LogP contribution in [0.25, 0.3) is 22.0 Å². The van der Waals surface area contributed by atoms with Crippen LogP contribution in [-0.2, 0) is 16.8 Å². The SMILES string of the molecule is COc1cc(OC)cc(N(Cc2nccn2S(=O)(=O)N(C)C)c2ccc3ncc(-c4cccnc4)cc3c2)c1. The molecule has 0 unspecified atom stereocenters. The van der Waals surface area contributed by atoms with Crippen molar-refractivity contribution in [3.63, 3.8) is 0 Å². The van der Waals surface area contributed by atoms with Crippen molar-refractivity contribution >= 4 is 32.5 Å². The van der Waals surface area contributed by atoms with Crippen LogP contribution in [0.5, 0.6) is 11.5 Å². The number of anilines is 2. The van der Waals surface area contributed by atoms with Gasteiger partial charge in [-0.2, -0.15) is 12.7 Å². The molecule has 0 bridgehead atoms. The van der Waals surface area contributed by atoms with Gasteiger partial charge in [0, 0.05) is 91.2 Å². The quantitative estimate of drug-likeness (QED) is 0.267. The highest BCUT2D eigenvalue weighted by molar-refractivity contribution is 7.87. The van der Waals surface area contributed by atoms with E-state index in [1.54, 1.807) is 32.7 Å². The predicted molar refractivity (Wildman–Crippen MR) is 151 cm³/mol. The topological polar surface area (TPSA) is 103 Å². The summed E-state index contributed by atoms with van der Waals surface area (Å²) in [6, 6.07) is 17.3. The Morgan fingerprint density at radius 2 is 1.62 bits per heavy atom. The zero-order valence-electron chi connectivity index (χ0n) is 22.0. The Kier molecular flexibility index (Phi) is 7.18. The minimum absolute atomic E-state index is 0.150. The molecule has 5 aromatic rings. The lowest BCUT2D eigenvalue weighted by Crippen LogP contribution is -2.31. The number of hydrogen-bond donors (Lipinski definition) is 0. The number of nitrogens with zero attached hydrogens (tertiary/aromatic N) is 6. The van der Waals surface area contributed by atoms with Gasteiger partial charge in [-0.15, -0.1) is 0 Å². The van der Waals surface area contributed by atoms with Gasteiger partial charge in [0.1, 0.15) is 17.3 Å². The van der Waals surface area contributed by atoms with Crippen molar-refractivity contribution in [3.05, 3.63) is 91.4 Å². The van der Waals surface area contributed by atoms with Crippen molar-refractivity contribution < 1.29 is 17.9 Å². The average molecular weight is 545 g/mol. The maximum absolute atomic E-state index is 13.0. The molecular weight excluding hydrogens is 516 g/mol. The van der Waals surface area contributed by atoms with E-state index in [9.17, 15) is 8.42 Å². The molecule has 0 amide bonds. The van der Waals surface area contributed by atoms with Crippen molar-refractivity contribution in [1.82, 2.24) is 23.2 Å². The fourth-order valence-electron chi connectivity index (χ4n) is 4.22. The molecule has 39 heavy (non-hydrogen) atoms. The van der Waals surface area contributed by atoms with Gasteiger partial charge in [-0.1, -0.05) is 6.07 Å². The van der Waals surface area contributed by atoms with Gasteiger partial charge in [-0.25, -0.2) is 8.96 Å². The monoisotopic (exact) mass is 544 g/mol. The fourth-order valence-corrected chi connectivity index (χ4v) is 5.15. The Morgan fingerprint density at radius 1 is 0.846 bits per heavy atom. The lowest BCUT2D eigenvalue weighted by molar-refractivity contribution is 0.394. The molecule has 3 aromatic heterocycles. The second kappa shape index (κ2) is 10.7. The summed E-state index contributed by atoms with van der Waals surface area (Å²) in [4.78, 5) is 15.2. The van der Waals surface area contributed by atoms with E-state index in [1.165, 1.54) is 30.5 Å². The minimum Gasteiger partial charge on any atom is -0.497 e. The molecule has 11 heteroatoms. The van der Waals surface area contributed by atoms with Crippen LogP contribution < -0.4 is 14.4 Å². The fraction of sp³-hybridized carbons (Fsp3) is 0.179. The van der Waals surface area contributed by atoms with Crippen molar-refractivity contribution in [2.75, 3.05) is 33.2 Å². The molecule has 0 atom stereocenters. The first kappa shape index (κ1) is 26.1. The molecule has 0 aliphatic heterocycles. The van der Waals surface area contributed by atoms with E-state index in [1.807, 2.05) is 53.6 Å². The highest BCUT2D eigenvalue weighted by Crippen LogP contribution is 2.36. The van der Waals surface area contributed by atoms with Crippen LogP contribution in [0.1, 0.15) is 5.82 Å². The first-order chi connectivity index (χ1) is 18.8. The Balaban J connectivity index is 1.65. The smallest absolute Gasteiger partial charge is 0.308 e. The Hall–Kier alpha value is -4.48. The van der Waals surface area contributed by atoms with Crippen molar-refractivity contribution in [3.8, 4) is 22.6 Å². The third kappa shape index (κ3) is 5.27. The number of ether oxygens (including phenoxy) is 2. The van der Waals surface area contributed by atoms with Crippen LogP contribution in [0.4, 0.5) is 11.4 Å². The lowest BCUT2D eigenvalue weighted by Gasteiger charge is -2.26. The Bertz CT molecular complexity index is 1700. The number of aromatic nitrogens is 4. The van der Waals surface area contributed by atoms with Crippen LogP contribution in [-0.4, -0.2) is 60.0 Å². The van der Waals surface area contributed by atoms with Crippen LogP contribution in [0.3, 0.4) is 0 Å². The zero-order valence-corrected chi connectivity index (χ0v) is 22.8. The van der Waals surface area contributed by atoms with E-state index in [0.717, 1.165) is 37.7 Å². The number of benzene rings is 2. The van der Waals surface area contributed by atoms with Gasteiger partial charge < -0.3 is 14.4 Å². The van der Waals surface area contributed by atoms with E-state index >= 15 is 0 Å². The molecular formula is C28H28N6O4S. The third-order valence-electron chi connectivity index (χ3n) is 6.31. The van der Waals surface area contributed by atoms with Crippen LogP contribution in [0.15, 0.2) is 85.6 Å². The van der Waals surface area contributed by atoms with E-state index in [4.69, 9.17) is 9.47 Å². The summed E-state index contributed by atoms with van der Waals surface area (Å²) in [7, 11) is 2.37. The molecule has 3 heterocycles. The highest BCUT2D eigenvalue weighted by Gasteiger charge is 2.23. The molecule has 0 spiro atoms. The summed E-state index contributed by atoms with van der Waals surface area (Å²) in [6.45, 7) is 0.150. The summed E-state index contributed by atoms with van der Waals surface area (Å²) in [5.74, 6) is 1.53. The van der Waals surface area contributed by atoms with Gasteiger partial charge in [0.2, 0.25) is 0 Å². The lowest BCUT2D eigenvalue weighted by atomic mass is 10.1. The van der Waals surface area contributed by atoms with Crippen LogP contribution in [0, 0.1) is 0 Å². The standard InChI is InChI=1S/C28H28N6O4S/c1-32(2)39(35,36)34-11-10-30-28(34)19-33(24-14-25(37-3)16-26(15-24)38-4)23-7-8-27-21(13-23)12-22(18-31-27)20-6-5-9-29-17-20/h5-18H,19H2,1-4H3. The van der Waals surface area contributed by atoms with Gasteiger partial charge in [0.05, 0.1) is 26.3 Å². The summed E-state index contributed by atoms with van der Waals surface area (Å²) in [5.41, 5.74) is 4.27. The molecule has 5 rings (SSSR count). The number of fused-ring (bicyclic) bond motifs is 1. The average Bonchev–Trinajstić information content (AvgIpc) is 3.44. The minimum atomic E-state index is -3.78. The summed E-state index contributed by atoms with van der Waals surface area (Å²) in [6.07, 6.45) is 8.28. The van der Waals surface area contributed by atoms with Gasteiger partial charge in [0.25, 0.3) is 0 Å². The predicted octanol–water partition coefficient (Wildman–Crippen LogP) is 4.50. The largest absolute Gasteiger partial charge is 0.497 e. The van der Waals surface area contributed by atoms with E-state index in [2.05, 4.69) is 21.0 Å². The normalized spacial score (nSPS) is 11.6. The Labute approximate surface area is 227 Å². The summed E-state index contributed by atoms with van der Waals surface area (Å²) < 4.78 is 39.4. The number of rotatable bonds is 9. The van der Waals surface area contributed by atoms with Crippen molar-refractivity contribution in [1.29, 1.82) is 0 Å². The first-order valence-corrected chi connectivity index (χ1v) is 13.5. The third-order valence-corrected chi connectivity index (χ3v) is 8.06. The highest BCUT2D eigenvalue weighted by atomic mass is 32.2. The number of imidazole rings is 1. The van der Waals surface area contributed by atoms with Gasteiger partial charge in [-0.3, -0.25) is 9.97 Å². The van der Waals surface area contributed by atoms with Crippen LogP contribution >= 0.6 is 0 Å². The van der Waals surface area contributed by atoms with E-state index in [-0.39, 0.29) is 6.54 Å². The molecule has 2 aromatic carbocycles. The molecule has 0 fully saturated rings. The van der Waals surface area contributed by atoms with Crippen molar-refractivity contribution in [2.24, 2.45) is 0 Å². The first-order valence-electron chi connectivity index (χ1n) is 12.1. The molecule has 0 saturated heterocycles. The number of methoxy groups -OCH3 is 2. The number of hydrogen-bond acceptors (Lipinski definition) is 8. The summed E-state index contributed by atoms with van der Waals surface area (Å²) >= 11 is 0. The molecule has 0 aliphatic carbocycles.